The summed E-state index contributed by atoms with van der Waals surface area (Å²) >= 11 is 0. The van der Waals surface area contributed by atoms with E-state index in [9.17, 15) is 19.2 Å². The summed E-state index contributed by atoms with van der Waals surface area (Å²) in [5.41, 5.74) is 1.99. The molecule has 6 unspecified atom stereocenters. The van der Waals surface area contributed by atoms with Gasteiger partial charge in [-0.15, -0.1) is 0 Å². The molecule has 3 aliphatic heterocycles. The Kier molecular flexibility index (Phi) is 32.7. The highest BCUT2D eigenvalue weighted by Gasteiger charge is 2.56. The van der Waals surface area contributed by atoms with Crippen molar-refractivity contribution in [1.82, 2.24) is 0 Å². The Morgan fingerprint density at radius 3 is 0.944 bits per heavy atom. The lowest BCUT2D eigenvalue weighted by Crippen LogP contribution is -2.65. The van der Waals surface area contributed by atoms with Crippen molar-refractivity contribution in [2.45, 2.75) is 239 Å². The first kappa shape index (κ1) is 83.5. The molecule has 20 heteroatoms. The number of benzene rings is 6. The van der Waals surface area contributed by atoms with E-state index in [0.29, 0.717) is 19.4 Å². The van der Waals surface area contributed by atoms with Crippen LogP contribution in [0.5, 0.6) is 0 Å². The highest BCUT2D eigenvalue weighted by molar-refractivity contribution is 5.76. The van der Waals surface area contributed by atoms with E-state index in [1.807, 2.05) is 203 Å². The maximum atomic E-state index is 14.8. The number of allylic oxidation sites excluding steroid dienone is 2. The topological polar surface area (TPSA) is 216 Å². The predicted octanol–water partition coefficient (Wildman–Crippen LogP) is 14.7. The number of esters is 4. The predicted molar refractivity (Wildman–Crippen MR) is 401 cm³/mol. The number of unbranched alkanes of at least 4 members (excludes halogenated alkanes) is 3. The first-order valence-corrected chi connectivity index (χ1v) is 37.6. The summed E-state index contributed by atoms with van der Waals surface area (Å²) in [6.07, 6.45) is -8.06. The van der Waals surface area contributed by atoms with E-state index in [1.54, 1.807) is 48.7 Å². The molecule has 3 aliphatic rings. The monoisotopic (exact) mass is 1480 g/mol. The van der Waals surface area contributed by atoms with Gasteiger partial charge in [-0.25, -0.2) is 0 Å². The molecule has 6 aromatic carbocycles. The molecule has 20 nitrogen and oxygen atoms in total. The van der Waals surface area contributed by atoms with Crippen molar-refractivity contribution >= 4 is 23.9 Å². The third-order valence-corrected chi connectivity index (χ3v) is 18.5. The molecule has 3 heterocycles. The number of hydrogen-bond donors (Lipinski definition) is 0. The molecule has 15 atom stereocenters. The van der Waals surface area contributed by atoms with Crippen molar-refractivity contribution in [2.75, 3.05) is 33.5 Å². The van der Waals surface area contributed by atoms with Crippen LogP contribution in [0.2, 0.25) is 0 Å². The van der Waals surface area contributed by atoms with Gasteiger partial charge in [0, 0.05) is 20.6 Å². The Bertz CT molecular complexity index is 3580. The van der Waals surface area contributed by atoms with Crippen LogP contribution in [0, 0.1) is 16.2 Å². The second-order valence-electron chi connectivity index (χ2n) is 30.6. The third-order valence-electron chi connectivity index (χ3n) is 18.5. The maximum absolute atomic E-state index is 14.8. The largest absolute Gasteiger partial charge is 0.463 e. The van der Waals surface area contributed by atoms with Gasteiger partial charge in [-0.3, -0.25) is 19.2 Å². The molecule has 107 heavy (non-hydrogen) atoms. The summed E-state index contributed by atoms with van der Waals surface area (Å²) in [4.78, 5) is 56.7. The van der Waals surface area contributed by atoms with E-state index in [0.717, 1.165) is 59.1 Å². The molecule has 0 saturated carbocycles. The van der Waals surface area contributed by atoms with Crippen molar-refractivity contribution < 1.29 is 95.0 Å². The first-order chi connectivity index (χ1) is 51.5. The van der Waals surface area contributed by atoms with Crippen molar-refractivity contribution in [3.63, 3.8) is 0 Å². The van der Waals surface area contributed by atoms with Crippen LogP contribution in [-0.2, 0) is 135 Å². The van der Waals surface area contributed by atoms with Crippen LogP contribution in [0.25, 0.3) is 0 Å². The average Bonchev–Trinajstić information content (AvgIpc) is 0.781. The van der Waals surface area contributed by atoms with Crippen molar-refractivity contribution in [3.8, 4) is 0 Å². The smallest absolute Gasteiger partial charge is 0.311 e. The fourth-order valence-corrected chi connectivity index (χ4v) is 12.5. The zero-order valence-electron chi connectivity index (χ0n) is 64.1. The molecular weight excluding hydrogens is 1360 g/mol. The summed E-state index contributed by atoms with van der Waals surface area (Å²) in [5, 5.41) is 0. The molecule has 0 bridgehead atoms. The van der Waals surface area contributed by atoms with E-state index < -0.39 is 132 Å². The lowest BCUT2D eigenvalue weighted by atomic mass is 9.90. The van der Waals surface area contributed by atoms with Crippen LogP contribution in [0.15, 0.2) is 194 Å². The molecular formula is C87H112O20. The number of methoxy groups -OCH3 is 1. The van der Waals surface area contributed by atoms with E-state index in [-0.39, 0.29) is 59.5 Å². The fraction of sp³-hybridized carbons (Fsp3) is 0.517. The second-order valence-corrected chi connectivity index (χ2v) is 30.6. The number of hydrogen-bond acceptors (Lipinski definition) is 20. The number of ether oxygens (including phenoxy) is 16. The molecule has 580 valence electrons. The standard InChI is InChI=1S/C87H112O20/c1-60(88)93-57-69-72(95-52-62-39-25-18-26-40-62)76(98-55-65-45-31-21-32-46-65)78(106-83(90)86(5,6)7)81(103-69)101-59-70-73(96-53-63-41-27-19-28-42-63)77(99-56-66-47-33-22-34-48-66)79(107-84(91)87(8,9)10)80(104-70)100-58-68-71(94-51-61-37-23-17-24-38-61)75(97-54-64-43-29-20-30-44-64)74(105-82(89)85(2,3)4)67(102-68)49-35-15-13-12-14-16-36-50-92-11/h12,14,17-34,37-48,67-81H,13,15-16,35-36,49-59H2,1-11H3/t67-,68?,69?,70?,71+,72+,73+,74?,75+,76+,77+,78?,79?,80+,81+/m0/s1. The summed E-state index contributed by atoms with van der Waals surface area (Å²) < 4.78 is 109. The molecule has 0 N–H and O–H groups in total. The molecule has 0 radical (unpaired) electrons. The van der Waals surface area contributed by atoms with Gasteiger partial charge in [0.25, 0.3) is 0 Å². The highest BCUT2D eigenvalue weighted by atomic mass is 16.8. The van der Waals surface area contributed by atoms with Crippen LogP contribution in [-0.4, -0.2) is 149 Å². The second kappa shape index (κ2) is 41.9. The SMILES string of the molecule is COCCCC=CCCCC[C@@H]1OC(CO[C@@H]2OC(CO[C@@H]3OC(COC(C)=O)[C@@H](OCc4ccccc4)[C@@H](OCc4ccccc4)C3OC(=O)C(C)(C)C)[C@@H](OCc3ccccc3)[C@@H](OCc3ccccc3)C2OC(=O)C(C)(C)C)[C@@H](OCc2ccccc2)[C@@H](OCc2ccccc2)C1OC(=O)C(C)(C)C. The van der Waals surface area contributed by atoms with Crippen LogP contribution in [0.1, 0.15) is 141 Å². The first-order valence-electron chi connectivity index (χ1n) is 37.6. The Labute approximate surface area is 632 Å². The van der Waals surface area contributed by atoms with E-state index in [2.05, 4.69) is 12.2 Å². The van der Waals surface area contributed by atoms with Crippen LogP contribution in [0.4, 0.5) is 0 Å². The van der Waals surface area contributed by atoms with Gasteiger partial charge in [0.2, 0.25) is 0 Å². The average molecular weight is 1480 g/mol. The molecule has 0 amide bonds. The Balaban J connectivity index is 1.15. The van der Waals surface area contributed by atoms with Crippen LogP contribution in [0.3, 0.4) is 0 Å². The van der Waals surface area contributed by atoms with Crippen molar-refractivity contribution in [1.29, 1.82) is 0 Å². The quantitative estimate of drug-likeness (QED) is 0.0152. The van der Waals surface area contributed by atoms with Gasteiger partial charge < -0.3 is 75.8 Å². The summed E-state index contributed by atoms with van der Waals surface area (Å²) in [7, 11) is 1.70. The minimum absolute atomic E-state index is 0.0152. The van der Waals surface area contributed by atoms with Gasteiger partial charge in [0.15, 0.2) is 30.9 Å². The van der Waals surface area contributed by atoms with Gasteiger partial charge in [0.1, 0.15) is 61.5 Å². The number of rotatable bonds is 38. The van der Waals surface area contributed by atoms with Crippen LogP contribution >= 0.6 is 0 Å². The minimum Gasteiger partial charge on any atom is -0.463 e. The Morgan fingerprint density at radius 1 is 0.336 bits per heavy atom. The molecule has 6 aromatic rings. The van der Waals surface area contributed by atoms with Gasteiger partial charge in [-0.2, -0.15) is 0 Å². The molecule has 3 fully saturated rings. The third kappa shape index (κ3) is 26.4. The van der Waals surface area contributed by atoms with E-state index in [4.69, 9.17) is 75.8 Å². The van der Waals surface area contributed by atoms with Gasteiger partial charge in [0.05, 0.1) is 75.2 Å². The summed E-state index contributed by atoms with van der Waals surface area (Å²) in [6, 6.07) is 57.7. The maximum Gasteiger partial charge on any atom is 0.311 e. The van der Waals surface area contributed by atoms with Crippen LogP contribution < -0.4 is 0 Å². The van der Waals surface area contributed by atoms with Crippen molar-refractivity contribution in [2.24, 2.45) is 16.2 Å². The van der Waals surface area contributed by atoms with Gasteiger partial charge >= 0.3 is 23.9 Å². The molecule has 9 rings (SSSR count). The Hall–Kier alpha value is -7.54. The molecule has 0 aromatic heterocycles. The number of carbonyl (C=O) groups is 4. The van der Waals surface area contributed by atoms with Crippen molar-refractivity contribution in [3.05, 3.63) is 228 Å². The molecule has 0 aliphatic carbocycles. The number of carbonyl (C=O) groups excluding carboxylic acids is 4. The molecule has 0 spiro atoms. The zero-order valence-corrected chi connectivity index (χ0v) is 64.1. The highest BCUT2D eigenvalue weighted by Crippen LogP contribution is 2.39. The minimum atomic E-state index is -1.49. The van der Waals surface area contributed by atoms with E-state index in [1.165, 1.54) is 6.92 Å². The fourth-order valence-electron chi connectivity index (χ4n) is 12.5. The Morgan fingerprint density at radius 2 is 0.626 bits per heavy atom. The van der Waals surface area contributed by atoms with Gasteiger partial charge in [-0.05, 0) is 128 Å². The summed E-state index contributed by atoms with van der Waals surface area (Å²) in [6.45, 7) is 17.4. The normalized spacial score (nSPS) is 24.9. The lowest BCUT2D eigenvalue weighted by molar-refractivity contribution is -0.351. The van der Waals surface area contributed by atoms with Gasteiger partial charge in [-0.1, -0.05) is 201 Å². The lowest BCUT2D eigenvalue weighted by Gasteiger charge is -2.49. The summed E-state index contributed by atoms with van der Waals surface area (Å²) in [5.74, 6) is -2.20. The van der Waals surface area contributed by atoms with E-state index >= 15 is 0 Å². The molecule has 3 saturated heterocycles. The zero-order chi connectivity index (χ0) is 76.2.